The summed E-state index contributed by atoms with van der Waals surface area (Å²) in [5.74, 6) is -0.142. The van der Waals surface area contributed by atoms with Crippen molar-refractivity contribution < 1.29 is 10.2 Å². The van der Waals surface area contributed by atoms with Crippen molar-refractivity contribution in [2.24, 2.45) is 5.73 Å². The number of rotatable bonds is 2. The summed E-state index contributed by atoms with van der Waals surface area (Å²) >= 11 is 0. The zero-order chi connectivity index (χ0) is 10.7. The first-order valence-electron chi connectivity index (χ1n) is 4.46. The molecule has 0 saturated carbocycles. The van der Waals surface area contributed by atoms with Crippen LogP contribution >= 0.6 is 0 Å². The van der Waals surface area contributed by atoms with Gasteiger partial charge in [-0.1, -0.05) is 12.2 Å². The zero-order valence-electron chi connectivity index (χ0n) is 8.41. The van der Waals surface area contributed by atoms with Crippen LogP contribution < -0.4 is 5.73 Å². The van der Waals surface area contributed by atoms with Gasteiger partial charge in [-0.05, 0) is 36.6 Å². The van der Waals surface area contributed by atoms with Crippen LogP contribution in [0.5, 0.6) is 11.5 Å². The lowest BCUT2D eigenvalue weighted by Crippen LogP contribution is -1.93. The molecule has 4 N–H and O–H groups in total. The van der Waals surface area contributed by atoms with Crippen molar-refractivity contribution in [1.29, 1.82) is 0 Å². The maximum atomic E-state index is 9.44. The van der Waals surface area contributed by atoms with Gasteiger partial charge < -0.3 is 15.9 Å². The number of phenolic OH excluding ortho intramolecular Hbond substituents is 2. The Bertz CT molecular complexity index is 370. The maximum absolute atomic E-state index is 9.44. The standard InChI is InChI=1S/C11H15NO2/c1-7-8(2)11(14)10(13)6-9(7)4-3-5-12/h3-4,6,13-14H,5,12H2,1-2H3/b4-3+. The monoisotopic (exact) mass is 193 g/mol. The van der Waals surface area contributed by atoms with Gasteiger partial charge in [-0.25, -0.2) is 0 Å². The van der Waals surface area contributed by atoms with Crippen molar-refractivity contribution in [2.45, 2.75) is 13.8 Å². The number of aromatic hydroxyl groups is 2. The number of nitrogens with two attached hydrogens (primary N) is 1. The van der Waals surface area contributed by atoms with Gasteiger partial charge in [-0.2, -0.15) is 0 Å². The Morgan fingerprint density at radius 3 is 2.50 bits per heavy atom. The van der Waals surface area contributed by atoms with Crippen molar-refractivity contribution in [3.63, 3.8) is 0 Å². The molecular weight excluding hydrogens is 178 g/mol. The predicted molar refractivity (Wildman–Crippen MR) is 57.3 cm³/mol. The lowest BCUT2D eigenvalue weighted by molar-refractivity contribution is 0.400. The normalized spacial score (nSPS) is 11.1. The van der Waals surface area contributed by atoms with E-state index in [9.17, 15) is 10.2 Å². The molecule has 3 nitrogen and oxygen atoms in total. The van der Waals surface area contributed by atoms with Crippen LogP contribution in [0.1, 0.15) is 16.7 Å². The minimum Gasteiger partial charge on any atom is -0.504 e. The summed E-state index contributed by atoms with van der Waals surface area (Å²) in [5, 5.41) is 18.8. The molecule has 0 saturated heterocycles. The summed E-state index contributed by atoms with van der Waals surface area (Å²) in [4.78, 5) is 0. The van der Waals surface area contributed by atoms with E-state index in [0.717, 1.165) is 11.1 Å². The molecule has 0 aromatic heterocycles. The van der Waals surface area contributed by atoms with E-state index in [2.05, 4.69) is 0 Å². The molecule has 0 unspecified atom stereocenters. The van der Waals surface area contributed by atoms with E-state index in [1.54, 1.807) is 13.0 Å². The Morgan fingerprint density at radius 1 is 1.29 bits per heavy atom. The van der Waals surface area contributed by atoms with Gasteiger partial charge in [0.1, 0.15) is 0 Å². The smallest absolute Gasteiger partial charge is 0.160 e. The minimum absolute atomic E-state index is 0.0487. The lowest BCUT2D eigenvalue weighted by atomic mass is 10.0. The molecule has 14 heavy (non-hydrogen) atoms. The summed E-state index contributed by atoms with van der Waals surface area (Å²) in [5.41, 5.74) is 7.86. The molecule has 0 heterocycles. The molecule has 0 radical (unpaired) electrons. The van der Waals surface area contributed by atoms with E-state index < -0.39 is 0 Å². The fourth-order valence-electron chi connectivity index (χ4n) is 1.28. The van der Waals surface area contributed by atoms with E-state index >= 15 is 0 Å². The molecular formula is C11H15NO2. The number of benzene rings is 1. The number of hydrogen-bond donors (Lipinski definition) is 3. The fraction of sp³-hybridized carbons (Fsp3) is 0.273. The Labute approximate surface area is 83.5 Å². The van der Waals surface area contributed by atoms with Gasteiger partial charge in [-0.3, -0.25) is 0 Å². The highest BCUT2D eigenvalue weighted by molar-refractivity contribution is 5.62. The second kappa shape index (κ2) is 4.15. The molecule has 0 aliphatic rings. The molecule has 0 fully saturated rings. The summed E-state index contributed by atoms with van der Waals surface area (Å²) in [6, 6.07) is 1.53. The molecule has 0 spiro atoms. The average molecular weight is 193 g/mol. The third-order valence-corrected chi connectivity index (χ3v) is 2.32. The van der Waals surface area contributed by atoms with E-state index in [1.807, 2.05) is 13.0 Å². The van der Waals surface area contributed by atoms with Crippen LogP contribution in [0.25, 0.3) is 6.08 Å². The Morgan fingerprint density at radius 2 is 1.93 bits per heavy atom. The first kappa shape index (κ1) is 10.6. The van der Waals surface area contributed by atoms with Crippen LogP contribution in [0.2, 0.25) is 0 Å². The van der Waals surface area contributed by atoms with Gasteiger partial charge in [-0.15, -0.1) is 0 Å². The molecule has 1 aromatic rings. The van der Waals surface area contributed by atoms with Crippen LogP contribution in [-0.4, -0.2) is 16.8 Å². The number of hydrogen-bond acceptors (Lipinski definition) is 3. The fourth-order valence-corrected chi connectivity index (χ4v) is 1.28. The largest absolute Gasteiger partial charge is 0.504 e. The van der Waals surface area contributed by atoms with Crippen LogP contribution in [0.3, 0.4) is 0 Å². The van der Waals surface area contributed by atoms with Crippen molar-refractivity contribution in [3.05, 3.63) is 28.8 Å². The van der Waals surface area contributed by atoms with Crippen LogP contribution in [0.15, 0.2) is 12.1 Å². The zero-order valence-corrected chi connectivity index (χ0v) is 8.41. The van der Waals surface area contributed by atoms with E-state index in [-0.39, 0.29) is 11.5 Å². The molecule has 1 rings (SSSR count). The van der Waals surface area contributed by atoms with E-state index in [4.69, 9.17) is 5.73 Å². The quantitative estimate of drug-likeness (QED) is 0.626. The molecule has 1 aromatic carbocycles. The lowest BCUT2D eigenvalue weighted by Gasteiger charge is -2.08. The molecule has 0 bridgehead atoms. The summed E-state index contributed by atoms with van der Waals surface area (Å²) in [6.07, 6.45) is 3.64. The van der Waals surface area contributed by atoms with Crippen LogP contribution in [0, 0.1) is 13.8 Å². The highest BCUT2D eigenvalue weighted by Gasteiger charge is 2.08. The molecule has 0 aliphatic heterocycles. The highest BCUT2D eigenvalue weighted by Crippen LogP contribution is 2.33. The average Bonchev–Trinajstić information content (AvgIpc) is 2.18. The van der Waals surface area contributed by atoms with Gasteiger partial charge in [0.2, 0.25) is 0 Å². The maximum Gasteiger partial charge on any atom is 0.160 e. The predicted octanol–water partition coefficient (Wildman–Crippen LogP) is 1.69. The van der Waals surface area contributed by atoms with Gasteiger partial charge >= 0.3 is 0 Å². The van der Waals surface area contributed by atoms with Gasteiger partial charge in [0.25, 0.3) is 0 Å². The molecule has 0 amide bonds. The summed E-state index contributed by atoms with van der Waals surface area (Å²) < 4.78 is 0. The minimum atomic E-state index is -0.0928. The second-order valence-electron chi connectivity index (χ2n) is 3.22. The topological polar surface area (TPSA) is 66.5 Å². The van der Waals surface area contributed by atoms with Gasteiger partial charge in [0.15, 0.2) is 11.5 Å². The van der Waals surface area contributed by atoms with Crippen molar-refractivity contribution >= 4 is 6.08 Å². The molecule has 0 aliphatic carbocycles. The molecule has 76 valence electrons. The summed E-state index contributed by atoms with van der Waals surface area (Å²) in [6.45, 7) is 4.12. The summed E-state index contributed by atoms with van der Waals surface area (Å²) in [7, 11) is 0. The van der Waals surface area contributed by atoms with Crippen molar-refractivity contribution in [3.8, 4) is 11.5 Å². The van der Waals surface area contributed by atoms with Crippen LogP contribution in [-0.2, 0) is 0 Å². The second-order valence-corrected chi connectivity index (χ2v) is 3.22. The number of phenols is 2. The Hall–Kier alpha value is -1.48. The van der Waals surface area contributed by atoms with Crippen molar-refractivity contribution in [2.75, 3.05) is 6.54 Å². The highest BCUT2D eigenvalue weighted by atomic mass is 16.3. The molecule has 3 heteroatoms. The van der Waals surface area contributed by atoms with E-state index in [1.165, 1.54) is 6.07 Å². The van der Waals surface area contributed by atoms with E-state index in [0.29, 0.717) is 12.1 Å². The third kappa shape index (κ3) is 1.88. The first-order chi connectivity index (χ1) is 6.57. The SMILES string of the molecule is Cc1c(/C=C/CN)cc(O)c(O)c1C. The van der Waals surface area contributed by atoms with Gasteiger partial charge in [0.05, 0.1) is 0 Å². The van der Waals surface area contributed by atoms with Crippen LogP contribution in [0.4, 0.5) is 0 Å². The third-order valence-electron chi connectivity index (χ3n) is 2.32. The van der Waals surface area contributed by atoms with Crippen molar-refractivity contribution in [1.82, 2.24) is 0 Å². The van der Waals surface area contributed by atoms with Gasteiger partial charge in [0, 0.05) is 6.54 Å². The molecule has 0 atom stereocenters. The Kier molecular flexibility index (Phi) is 3.14. The Balaban J connectivity index is 3.26. The first-order valence-corrected chi connectivity index (χ1v) is 4.46.